The number of pyridine rings is 2. The number of alkyl carbamates (subject to hydrolysis) is 1. The second-order valence-corrected chi connectivity index (χ2v) is 13.5. The summed E-state index contributed by atoms with van der Waals surface area (Å²) < 4.78 is 16.8. The number of aliphatic hydroxyl groups excluding tert-OH is 1. The Bertz CT molecular complexity index is 1520. The first-order chi connectivity index (χ1) is 22.8. The summed E-state index contributed by atoms with van der Waals surface area (Å²) in [5.41, 5.74) is 3.66. The maximum absolute atomic E-state index is 14.3. The molecule has 0 spiro atoms. The first kappa shape index (κ1) is 32.9. The van der Waals surface area contributed by atoms with Gasteiger partial charge in [0, 0.05) is 41.8 Å². The van der Waals surface area contributed by atoms with Gasteiger partial charge in [0.15, 0.2) is 5.89 Å². The van der Waals surface area contributed by atoms with Crippen LogP contribution in [0.3, 0.4) is 0 Å². The number of carbonyl (C=O) groups is 2. The lowest BCUT2D eigenvalue weighted by Crippen LogP contribution is -2.43. The molecule has 0 unspecified atom stereocenters. The topological polar surface area (TPSA) is 140 Å². The average Bonchev–Trinajstić information content (AvgIpc) is 3.83. The summed E-state index contributed by atoms with van der Waals surface area (Å²) in [7, 11) is 1.67. The Kier molecular flexibility index (Phi) is 10.4. The van der Waals surface area contributed by atoms with Gasteiger partial charge in [0.2, 0.25) is 5.91 Å². The Morgan fingerprint density at radius 1 is 1.02 bits per heavy atom. The van der Waals surface area contributed by atoms with Crippen LogP contribution in [0.15, 0.2) is 41.1 Å². The number of amides is 2. The number of methoxy groups -OCH3 is 1. The van der Waals surface area contributed by atoms with Crippen LogP contribution >= 0.6 is 0 Å². The van der Waals surface area contributed by atoms with Crippen molar-refractivity contribution >= 4 is 17.8 Å². The van der Waals surface area contributed by atoms with E-state index in [1.54, 1.807) is 26.5 Å². The SMILES string of the molecule is COc1ccc([C@H]2CC[C@H](CN(c3cc(-c4coc(C5CC5)n4)ccn3)C(=O)[C@H]3CC[C@H](OC(=O)N[C@H](C)CO)CC3)CC2)nc1C. The quantitative estimate of drug-likeness (QED) is 0.246. The number of aryl methyl sites for hydroxylation is 1. The van der Waals surface area contributed by atoms with Gasteiger partial charge < -0.3 is 24.3 Å². The van der Waals surface area contributed by atoms with E-state index in [0.717, 1.165) is 72.8 Å². The van der Waals surface area contributed by atoms with Crippen LogP contribution in [0.25, 0.3) is 11.3 Å². The fourth-order valence-corrected chi connectivity index (χ4v) is 6.95. The molecule has 0 radical (unpaired) electrons. The van der Waals surface area contributed by atoms with Crippen LogP contribution in [0.1, 0.15) is 100 Å². The highest BCUT2D eigenvalue weighted by molar-refractivity contribution is 5.94. The maximum Gasteiger partial charge on any atom is 0.407 e. The van der Waals surface area contributed by atoms with Crippen LogP contribution < -0.4 is 15.0 Å². The third kappa shape index (κ3) is 8.12. The van der Waals surface area contributed by atoms with E-state index >= 15 is 0 Å². The molecule has 2 N–H and O–H groups in total. The van der Waals surface area contributed by atoms with Crippen molar-refractivity contribution in [2.75, 3.05) is 25.2 Å². The first-order valence-corrected chi connectivity index (χ1v) is 17.1. The molecule has 0 aromatic carbocycles. The molecular weight excluding hydrogens is 598 g/mol. The molecule has 0 aliphatic heterocycles. The standard InChI is InChI=1S/C36H47N5O6/c1-22(20-42)38-36(44)47-29-12-10-27(11-13-29)35(43)41(33-18-28(16-17-37-33)31-21-46-34(40-31)26-8-9-26)19-24-4-6-25(7-5-24)30-14-15-32(45-3)23(2)39-30/h14-18,21-22,24-27,29,42H,4-13,19-20H2,1-3H3,(H,38,44)/t22-,24-,25-,27-,29-/m1/s1. The van der Waals surface area contributed by atoms with Crippen molar-refractivity contribution in [3.63, 3.8) is 0 Å². The number of hydrogen-bond donors (Lipinski definition) is 2. The van der Waals surface area contributed by atoms with Crippen molar-refractivity contribution in [2.24, 2.45) is 11.8 Å². The molecule has 3 aromatic heterocycles. The summed E-state index contributed by atoms with van der Waals surface area (Å²) in [6.45, 7) is 4.14. The van der Waals surface area contributed by atoms with Crippen LogP contribution in [0, 0.1) is 18.8 Å². The Morgan fingerprint density at radius 3 is 2.45 bits per heavy atom. The Labute approximate surface area is 276 Å². The van der Waals surface area contributed by atoms with E-state index in [1.807, 2.05) is 30.0 Å². The van der Waals surface area contributed by atoms with Crippen LogP contribution in [0.4, 0.5) is 10.6 Å². The maximum atomic E-state index is 14.3. The Hall–Kier alpha value is -3.99. The summed E-state index contributed by atoms with van der Waals surface area (Å²) in [4.78, 5) is 42.7. The van der Waals surface area contributed by atoms with E-state index in [1.165, 1.54) is 0 Å². The third-order valence-electron chi connectivity index (χ3n) is 9.95. The van der Waals surface area contributed by atoms with Crippen LogP contribution in [-0.2, 0) is 9.53 Å². The van der Waals surface area contributed by atoms with E-state index in [4.69, 9.17) is 28.8 Å². The second-order valence-electron chi connectivity index (χ2n) is 13.5. The summed E-state index contributed by atoms with van der Waals surface area (Å²) in [6, 6.07) is 7.59. The molecule has 3 aliphatic rings. The van der Waals surface area contributed by atoms with Gasteiger partial charge in [-0.15, -0.1) is 0 Å². The number of rotatable bonds is 11. The normalized spacial score (nSPS) is 23.5. The molecular formula is C36H47N5O6. The molecule has 3 saturated carbocycles. The monoisotopic (exact) mass is 645 g/mol. The molecule has 2 amide bonds. The molecule has 3 aromatic rings. The van der Waals surface area contributed by atoms with E-state index in [0.29, 0.717) is 55.8 Å². The molecule has 3 heterocycles. The fourth-order valence-electron chi connectivity index (χ4n) is 6.95. The summed E-state index contributed by atoms with van der Waals surface area (Å²) in [6.07, 6.45) is 11.4. The molecule has 1 atom stereocenters. The van der Waals surface area contributed by atoms with Crippen LogP contribution in [-0.4, -0.2) is 64.5 Å². The van der Waals surface area contributed by atoms with E-state index in [2.05, 4.69) is 11.4 Å². The molecule has 11 nitrogen and oxygen atoms in total. The lowest BCUT2D eigenvalue weighted by Gasteiger charge is -2.35. The summed E-state index contributed by atoms with van der Waals surface area (Å²) in [5, 5.41) is 11.8. The second kappa shape index (κ2) is 14.8. The van der Waals surface area contributed by atoms with Gasteiger partial charge in [-0.1, -0.05) is 0 Å². The van der Waals surface area contributed by atoms with Crippen LogP contribution in [0.2, 0.25) is 0 Å². The van der Waals surface area contributed by atoms with E-state index in [9.17, 15) is 14.7 Å². The van der Waals surface area contributed by atoms with Gasteiger partial charge in [-0.3, -0.25) is 14.7 Å². The first-order valence-electron chi connectivity index (χ1n) is 17.1. The predicted molar refractivity (Wildman–Crippen MR) is 176 cm³/mol. The van der Waals surface area contributed by atoms with Crippen LogP contribution in [0.5, 0.6) is 5.75 Å². The van der Waals surface area contributed by atoms with Crippen molar-refractivity contribution in [2.45, 2.75) is 102 Å². The molecule has 47 heavy (non-hydrogen) atoms. The van der Waals surface area contributed by atoms with E-state index < -0.39 is 6.09 Å². The van der Waals surface area contributed by atoms with E-state index in [-0.39, 0.29) is 30.6 Å². The van der Waals surface area contributed by atoms with Gasteiger partial charge in [-0.25, -0.2) is 14.8 Å². The smallest absolute Gasteiger partial charge is 0.407 e. The number of nitrogens with zero attached hydrogens (tertiary/aromatic N) is 4. The number of carbonyl (C=O) groups excluding carboxylic acids is 2. The van der Waals surface area contributed by atoms with Gasteiger partial charge in [0.05, 0.1) is 25.5 Å². The van der Waals surface area contributed by atoms with Gasteiger partial charge >= 0.3 is 6.09 Å². The van der Waals surface area contributed by atoms with Gasteiger partial charge in [-0.05, 0) is 108 Å². The van der Waals surface area contributed by atoms with Gasteiger partial charge in [-0.2, -0.15) is 0 Å². The number of aromatic nitrogens is 3. The number of ether oxygens (including phenoxy) is 2. The molecule has 0 bridgehead atoms. The summed E-state index contributed by atoms with van der Waals surface area (Å²) >= 11 is 0. The highest BCUT2D eigenvalue weighted by Gasteiger charge is 2.35. The lowest BCUT2D eigenvalue weighted by molar-refractivity contribution is -0.124. The number of anilines is 1. The molecule has 252 valence electrons. The minimum Gasteiger partial charge on any atom is -0.495 e. The molecule has 3 aliphatic carbocycles. The molecule has 6 rings (SSSR count). The highest BCUT2D eigenvalue weighted by atomic mass is 16.6. The van der Waals surface area contributed by atoms with Crippen molar-refractivity contribution < 1.29 is 28.6 Å². The Morgan fingerprint density at radius 2 is 1.77 bits per heavy atom. The average molecular weight is 646 g/mol. The largest absolute Gasteiger partial charge is 0.495 e. The zero-order valence-electron chi connectivity index (χ0n) is 27.7. The lowest BCUT2D eigenvalue weighted by atomic mass is 9.79. The third-order valence-corrected chi connectivity index (χ3v) is 9.95. The number of nitrogens with one attached hydrogen (secondary N) is 1. The molecule has 11 heteroatoms. The predicted octanol–water partition coefficient (Wildman–Crippen LogP) is 6.30. The molecule has 0 saturated heterocycles. The van der Waals surface area contributed by atoms with Crippen molar-refractivity contribution in [3.05, 3.63) is 54.0 Å². The zero-order chi connectivity index (χ0) is 32.9. The van der Waals surface area contributed by atoms with Crippen molar-refractivity contribution in [1.29, 1.82) is 0 Å². The van der Waals surface area contributed by atoms with Gasteiger partial charge in [0.25, 0.3) is 0 Å². The Balaban J connectivity index is 1.15. The number of hydrogen-bond acceptors (Lipinski definition) is 9. The van der Waals surface area contributed by atoms with Crippen molar-refractivity contribution in [1.82, 2.24) is 20.3 Å². The zero-order valence-corrected chi connectivity index (χ0v) is 27.7. The minimum absolute atomic E-state index is 0.0693. The molecule has 3 fully saturated rings. The number of oxazole rings is 1. The highest BCUT2D eigenvalue weighted by Crippen LogP contribution is 2.41. The van der Waals surface area contributed by atoms with Gasteiger partial charge in [0.1, 0.15) is 29.6 Å². The summed E-state index contributed by atoms with van der Waals surface area (Å²) in [5.74, 6) is 3.25. The fraction of sp³-hybridized carbons (Fsp3) is 0.583. The van der Waals surface area contributed by atoms with Crippen molar-refractivity contribution in [3.8, 4) is 17.0 Å². The minimum atomic E-state index is -0.530. The number of aliphatic hydroxyl groups is 1.